The molecule has 1 heterocycles. The molecule has 0 atom stereocenters. The molecule has 0 saturated carbocycles. The van der Waals surface area contributed by atoms with Crippen molar-refractivity contribution in [1.82, 2.24) is 14.8 Å². The zero-order valence-corrected chi connectivity index (χ0v) is 18.9. The van der Waals surface area contributed by atoms with E-state index in [9.17, 15) is 4.79 Å². The van der Waals surface area contributed by atoms with E-state index in [4.69, 9.17) is 34.8 Å². The highest BCUT2D eigenvalue weighted by molar-refractivity contribution is 6.32. The summed E-state index contributed by atoms with van der Waals surface area (Å²) in [5.41, 5.74) is 3.72. The summed E-state index contributed by atoms with van der Waals surface area (Å²) < 4.78 is 1.60. The molecule has 156 valence electrons. The van der Waals surface area contributed by atoms with Crippen molar-refractivity contribution in [1.29, 1.82) is 0 Å². The van der Waals surface area contributed by atoms with E-state index in [1.807, 2.05) is 44.2 Å². The maximum Gasteiger partial charge on any atom is 0.295 e. The van der Waals surface area contributed by atoms with Gasteiger partial charge in [-0.15, -0.1) is 5.10 Å². The second-order valence-electron chi connectivity index (χ2n) is 6.98. The summed E-state index contributed by atoms with van der Waals surface area (Å²) in [7, 11) is 0. The molecule has 0 fully saturated rings. The highest BCUT2D eigenvalue weighted by Crippen LogP contribution is 2.28. The predicted octanol–water partition coefficient (Wildman–Crippen LogP) is 6.76. The van der Waals surface area contributed by atoms with Crippen molar-refractivity contribution in [3.8, 4) is 17.1 Å². The lowest BCUT2D eigenvalue weighted by atomic mass is 10.1. The number of anilines is 1. The number of hydrogen-bond acceptors (Lipinski definition) is 3. The monoisotopic (exact) mass is 470 g/mol. The molecule has 3 aromatic carbocycles. The topological polar surface area (TPSA) is 59.8 Å². The standard InChI is InChI=1S/C23H17Cl3N4O/c1-13-9-10-17(12-19(13)26)27-23(31)21-28-22(15-5-3-6-16(24)11-15)30(29-21)20-8-4-7-18(25)14(20)2/h3-12H,1-2H3,(H,27,31). The van der Waals surface area contributed by atoms with Crippen molar-refractivity contribution in [2.45, 2.75) is 13.8 Å². The Hall–Kier alpha value is -2.86. The van der Waals surface area contributed by atoms with Gasteiger partial charge in [-0.3, -0.25) is 4.79 Å². The summed E-state index contributed by atoms with van der Waals surface area (Å²) >= 11 is 18.7. The molecule has 0 radical (unpaired) electrons. The molecule has 5 nitrogen and oxygen atoms in total. The Bertz CT molecular complexity index is 1300. The van der Waals surface area contributed by atoms with E-state index in [-0.39, 0.29) is 5.82 Å². The first-order valence-corrected chi connectivity index (χ1v) is 10.5. The Balaban J connectivity index is 1.80. The fourth-order valence-corrected chi connectivity index (χ4v) is 3.61. The molecule has 0 aliphatic rings. The number of amides is 1. The van der Waals surface area contributed by atoms with Crippen molar-refractivity contribution in [2.24, 2.45) is 0 Å². The second-order valence-corrected chi connectivity index (χ2v) is 8.23. The summed E-state index contributed by atoms with van der Waals surface area (Å²) in [6.07, 6.45) is 0. The molecule has 0 aliphatic heterocycles. The van der Waals surface area contributed by atoms with Crippen LogP contribution >= 0.6 is 34.8 Å². The SMILES string of the molecule is Cc1ccc(NC(=O)c2nc(-c3cccc(Cl)c3)n(-c3cccc(Cl)c3C)n2)cc1Cl. The zero-order chi connectivity index (χ0) is 22.1. The molecule has 31 heavy (non-hydrogen) atoms. The van der Waals surface area contributed by atoms with Gasteiger partial charge in [0.2, 0.25) is 5.82 Å². The van der Waals surface area contributed by atoms with Crippen LogP contribution in [0.2, 0.25) is 15.1 Å². The van der Waals surface area contributed by atoms with Crippen LogP contribution in [0, 0.1) is 13.8 Å². The molecule has 0 saturated heterocycles. The van der Waals surface area contributed by atoms with E-state index >= 15 is 0 Å². The Labute approximate surface area is 194 Å². The van der Waals surface area contributed by atoms with Gasteiger partial charge in [0.05, 0.1) is 5.69 Å². The molecule has 0 spiro atoms. The maximum atomic E-state index is 12.9. The summed E-state index contributed by atoms with van der Waals surface area (Å²) in [5, 5.41) is 8.98. The van der Waals surface area contributed by atoms with E-state index < -0.39 is 5.91 Å². The van der Waals surface area contributed by atoms with Crippen LogP contribution in [-0.2, 0) is 0 Å². The number of rotatable bonds is 4. The first kappa shape index (κ1) is 21.4. The molecule has 8 heteroatoms. The Kier molecular flexibility index (Phi) is 6.01. The number of carbonyl (C=O) groups is 1. The van der Waals surface area contributed by atoms with Gasteiger partial charge in [-0.25, -0.2) is 9.67 Å². The minimum absolute atomic E-state index is 0.00560. The number of hydrogen-bond donors (Lipinski definition) is 1. The minimum Gasteiger partial charge on any atom is -0.319 e. The van der Waals surface area contributed by atoms with Gasteiger partial charge in [0.15, 0.2) is 5.82 Å². The van der Waals surface area contributed by atoms with Gasteiger partial charge in [-0.1, -0.05) is 59.1 Å². The van der Waals surface area contributed by atoms with Gasteiger partial charge in [-0.2, -0.15) is 0 Å². The third-order valence-corrected chi connectivity index (χ3v) is 5.84. The van der Waals surface area contributed by atoms with Gasteiger partial charge in [0.1, 0.15) is 0 Å². The normalized spacial score (nSPS) is 10.9. The molecule has 4 aromatic rings. The summed E-state index contributed by atoms with van der Waals surface area (Å²) in [4.78, 5) is 17.4. The molecular weight excluding hydrogens is 455 g/mol. The number of carbonyl (C=O) groups excluding carboxylic acids is 1. The van der Waals surface area contributed by atoms with E-state index in [1.54, 1.807) is 35.0 Å². The van der Waals surface area contributed by atoms with Gasteiger partial charge in [0, 0.05) is 26.3 Å². The summed E-state index contributed by atoms with van der Waals surface area (Å²) in [6, 6.07) is 18.0. The van der Waals surface area contributed by atoms with Crippen molar-refractivity contribution in [3.05, 3.63) is 92.7 Å². The Morgan fingerprint density at radius 2 is 1.71 bits per heavy atom. The van der Waals surface area contributed by atoms with Crippen LogP contribution in [0.5, 0.6) is 0 Å². The third-order valence-electron chi connectivity index (χ3n) is 4.79. The van der Waals surface area contributed by atoms with Crippen LogP contribution in [0.4, 0.5) is 5.69 Å². The number of nitrogens with zero attached hydrogens (tertiary/aromatic N) is 3. The third kappa shape index (κ3) is 4.44. The van der Waals surface area contributed by atoms with E-state index in [0.29, 0.717) is 32.3 Å². The van der Waals surface area contributed by atoms with Gasteiger partial charge >= 0.3 is 0 Å². The number of aryl methyl sites for hydroxylation is 1. The average molecular weight is 472 g/mol. The number of benzene rings is 3. The largest absolute Gasteiger partial charge is 0.319 e. The van der Waals surface area contributed by atoms with Gasteiger partial charge in [-0.05, 0) is 61.4 Å². The Morgan fingerprint density at radius 1 is 0.935 bits per heavy atom. The zero-order valence-electron chi connectivity index (χ0n) is 16.7. The molecular formula is C23H17Cl3N4O. The fraction of sp³-hybridized carbons (Fsp3) is 0.0870. The van der Waals surface area contributed by atoms with Gasteiger partial charge < -0.3 is 5.32 Å². The predicted molar refractivity (Wildman–Crippen MR) is 126 cm³/mol. The maximum absolute atomic E-state index is 12.9. The molecule has 0 unspecified atom stereocenters. The fourth-order valence-electron chi connectivity index (χ4n) is 3.07. The van der Waals surface area contributed by atoms with E-state index in [0.717, 1.165) is 16.7 Å². The van der Waals surface area contributed by atoms with Crippen LogP contribution in [0.25, 0.3) is 17.1 Å². The average Bonchev–Trinajstić information content (AvgIpc) is 3.18. The van der Waals surface area contributed by atoms with Crippen LogP contribution in [0.15, 0.2) is 60.7 Å². The molecule has 1 N–H and O–H groups in total. The van der Waals surface area contributed by atoms with Gasteiger partial charge in [0.25, 0.3) is 5.91 Å². The highest BCUT2D eigenvalue weighted by Gasteiger charge is 2.20. The van der Waals surface area contributed by atoms with Crippen LogP contribution in [0.1, 0.15) is 21.7 Å². The smallest absolute Gasteiger partial charge is 0.295 e. The van der Waals surface area contributed by atoms with Crippen LogP contribution < -0.4 is 5.32 Å². The lowest BCUT2D eigenvalue weighted by Gasteiger charge is -2.10. The number of halogens is 3. The first-order valence-electron chi connectivity index (χ1n) is 9.39. The number of aromatic nitrogens is 3. The number of nitrogens with one attached hydrogen (secondary N) is 1. The molecule has 1 amide bonds. The molecule has 0 aliphatic carbocycles. The van der Waals surface area contributed by atoms with Crippen molar-refractivity contribution >= 4 is 46.4 Å². The summed E-state index contributed by atoms with van der Waals surface area (Å²) in [6.45, 7) is 3.77. The quantitative estimate of drug-likeness (QED) is 0.357. The molecule has 4 rings (SSSR count). The minimum atomic E-state index is -0.457. The lowest BCUT2D eigenvalue weighted by Crippen LogP contribution is -2.14. The molecule has 1 aromatic heterocycles. The van der Waals surface area contributed by atoms with E-state index in [1.165, 1.54) is 0 Å². The van der Waals surface area contributed by atoms with E-state index in [2.05, 4.69) is 15.4 Å². The lowest BCUT2D eigenvalue weighted by molar-refractivity contribution is 0.101. The van der Waals surface area contributed by atoms with Crippen molar-refractivity contribution in [2.75, 3.05) is 5.32 Å². The Morgan fingerprint density at radius 3 is 2.45 bits per heavy atom. The van der Waals surface area contributed by atoms with Crippen LogP contribution in [0.3, 0.4) is 0 Å². The molecule has 0 bridgehead atoms. The second kappa shape index (κ2) is 8.71. The summed E-state index contributed by atoms with van der Waals surface area (Å²) in [5.74, 6) is 0.0210. The van der Waals surface area contributed by atoms with Crippen molar-refractivity contribution < 1.29 is 4.79 Å². The highest BCUT2D eigenvalue weighted by atomic mass is 35.5. The first-order chi connectivity index (χ1) is 14.8. The van der Waals surface area contributed by atoms with Crippen molar-refractivity contribution in [3.63, 3.8) is 0 Å². The van der Waals surface area contributed by atoms with Crippen LogP contribution in [-0.4, -0.2) is 20.7 Å².